The van der Waals surface area contributed by atoms with Crippen LogP contribution >= 0.6 is 0 Å². The van der Waals surface area contributed by atoms with Crippen molar-refractivity contribution in [3.05, 3.63) is 53.9 Å². The molecule has 0 radical (unpaired) electrons. The van der Waals surface area contributed by atoms with Gasteiger partial charge in [0, 0.05) is 12.4 Å². The van der Waals surface area contributed by atoms with Gasteiger partial charge in [-0.2, -0.15) is 13.2 Å². The second-order valence-electron chi connectivity index (χ2n) is 3.35. The highest BCUT2D eigenvalue weighted by Gasteiger charge is 2.32. The SMILES string of the molecule is N=c1c(C(F)(F)F)cccn1-c1cccnc1. The Bertz CT molecular complexity index is 573. The van der Waals surface area contributed by atoms with Crippen molar-refractivity contribution in [1.82, 2.24) is 9.55 Å². The van der Waals surface area contributed by atoms with E-state index in [1.807, 2.05) is 0 Å². The Morgan fingerprint density at radius 3 is 2.53 bits per heavy atom. The Labute approximate surface area is 94.7 Å². The number of hydrogen-bond donors (Lipinski definition) is 1. The highest BCUT2D eigenvalue weighted by molar-refractivity contribution is 5.29. The van der Waals surface area contributed by atoms with Crippen LogP contribution in [0.15, 0.2) is 42.9 Å². The first-order valence-corrected chi connectivity index (χ1v) is 4.74. The van der Waals surface area contributed by atoms with Gasteiger partial charge in [0.25, 0.3) is 0 Å². The van der Waals surface area contributed by atoms with Gasteiger partial charge in [-0.05, 0) is 24.3 Å². The molecule has 2 rings (SSSR count). The maximum atomic E-state index is 12.6. The zero-order chi connectivity index (χ0) is 12.5. The maximum absolute atomic E-state index is 12.6. The lowest BCUT2D eigenvalue weighted by atomic mass is 10.2. The average Bonchev–Trinajstić information content (AvgIpc) is 2.29. The molecule has 6 heteroatoms. The molecular formula is C11H8F3N3. The van der Waals surface area contributed by atoms with Gasteiger partial charge in [-0.1, -0.05) is 0 Å². The minimum absolute atomic E-state index is 0.420. The molecule has 0 unspecified atom stereocenters. The zero-order valence-electron chi connectivity index (χ0n) is 8.57. The number of nitrogens with one attached hydrogen (secondary N) is 1. The summed E-state index contributed by atoms with van der Waals surface area (Å²) in [6, 6.07) is 5.33. The molecule has 0 spiro atoms. The normalized spacial score (nSPS) is 11.5. The molecule has 0 saturated carbocycles. The summed E-state index contributed by atoms with van der Waals surface area (Å²) < 4.78 is 38.9. The highest BCUT2D eigenvalue weighted by atomic mass is 19.4. The second kappa shape index (κ2) is 4.04. The summed E-state index contributed by atoms with van der Waals surface area (Å²) in [5.74, 6) is 0. The van der Waals surface area contributed by atoms with Crippen LogP contribution in [0.2, 0.25) is 0 Å². The van der Waals surface area contributed by atoms with Gasteiger partial charge in [0.1, 0.15) is 5.49 Å². The predicted octanol–water partition coefficient (Wildman–Crippen LogP) is 2.37. The lowest BCUT2D eigenvalue weighted by molar-refractivity contribution is -0.139. The van der Waals surface area contributed by atoms with Gasteiger partial charge in [-0.3, -0.25) is 10.4 Å². The molecular weight excluding hydrogens is 231 g/mol. The van der Waals surface area contributed by atoms with E-state index in [-0.39, 0.29) is 0 Å². The molecule has 17 heavy (non-hydrogen) atoms. The van der Waals surface area contributed by atoms with Gasteiger partial charge in [0.2, 0.25) is 0 Å². The van der Waals surface area contributed by atoms with Crippen molar-refractivity contribution < 1.29 is 13.2 Å². The predicted molar refractivity (Wildman–Crippen MR) is 54.4 cm³/mol. The molecule has 0 atom stereocenters. The summed E-state index contributed by atoms with van der Waals surface area (Å²) in [6.07, 6.45) is -0.212. The maximum Gasteiger partial charge on any atom is 0.419 e. The fourth-order valence-corrected chi connectivity index (χ4v) is 1.45. The van der Waals surface area contributed by atoms with Gasteiger partial charge in [0.15, 0.2) is 0 Å². The number of pyridine rings is 2. The molecule has 2 aromatic rings. The number of nitrogens with zero attached hydrogens (tertiary/aromatic N) is 2. The first kappa shape index (κ1) is 11.4. The van der Waals surface area contributed by atoms with Gasteiger partial charge in [0.05, 0.1) is 17.4 Å². The number of rotatable bonds is 1. The number of aromatic nitrogens is 2. The summed E-state index contributed by atoms with van der Waals surface area (Å²) in [5.41, 5.74) is -1.15. The van der Waals surface area contributed by atoms with E-state index < -0.39 is 17.2 Å². The fraction of sp³-hybridized carbons (Fsp3) is 0.0909. The van der Waals surface area contributed by atoms with E-state index in [1.54, 1.807) is 12.1 Å². The van der Waals surface area contributed by atoms with E-state index in [1.165, 1.54) is 24.7 Å². The van der Waals surface area contributed by atoms with E-state index in [2.05, 4.69) is 4.98 Å². The number of alkyl halides is 3. The van der Waals surface area contributed by atoms with Crippen molar-refractivity contribution in [3.8, 4) is 5.69 Å². The molecule has 0 fully saturated rings. The first-order valence-electron chi connectivity index (χ1n) is 4.74. The largest absolute Gasteiger partial charge is 0.419 e. The standard InChI is InChI=1S/C11H8F3N3/c12-11(13,14)9-4-2-6-17(10(9)15)8-3-1-5-16-7-8/h1-7,15H. The van der Waals surface area contributed by atoms with Crippen LogP contribution in [-0.2, 0) is 6.18 Å². The fourth-order valence-electron chi connectivity index (χ4n) is 1.45. The molecule has 1 N–H and O–H groups in total. The molecule has 88 valence electrons. The van der Waals surface area contributed by atoms with Crippen molar-refractivity contribution in [1.29, 1.82) is 5.41 Å². The van der Waals surface area contributed by atoms with Crippen molar-refractivity contribution >= 4 is 0 Å². The van der Waals surface area contributed by atoms with Crippen LogP contribution in [0, 0.1) is 5.41 Å². The van der Waals surface area contributed by atoms with Crippen LogP contribution in [0.5, 0.6) is 0 Å². The third kappa shape index (κ3) is 2.20. The lowest BCUT2D eigenvalue weighted by Gasteiger charge is -2.11. The van der Waals surface area contributed by atoms with Crippen LogP contribution in [0.25, 0.3) is 5.69 Å². The summed E-state index contributed by atoms with van der Waals surface area (Å²) in [7, 11) is 0. The molecule has 0 bridgehead atoms. The third-order valence-electron chi connectivity index (χ3n) is 2.22. The molecule has 0 aromatic carbocycles. The van der Waals surface area contributed by atoms with Crippen LogP contribution in [0.3, 0.4) is 0 Å². The Morgan fingerprint density at radius 1 is 1.18 bits per heavy atom. The number of hydrogen-bond acceptors (Lipinski definition) is 2. The lowest BCUT2D eigenvalue weighted by Crippen LogP contribution is -2.27. The quantitative estimate of drug-likeness (QED) is 0.815. The van der Waals surface area contributed by atoms with Crippen molar-refractivity contribution in [2.75, 3.05) is 0 Å². The Balaban J connectivity index is 2.63. The molecule has 2 aromatic heterocycles. The summed E-state index contributed by atoms with van der Waals surface area (Å²) in [6.45, 7) is 0. The minimum atomic E-state index is -4.53. The zero-order valence-corrected chi connectivity index (χ0v) is 8.57. The Hall–Kier alpha value is -2.11. The monoisotopic (exact) mass is 239 g/mol. The Kier molecular flexibility index (Phi) is 2.71. The van der Waals surface area contributed by atoms with Gasteiger partial charge >= 0.3 is 6.18 Å². The van der Waals surface area contributed by atoms with Gasteiger partial charge in [-0.25, -0.2) is 0 Å². The third-order valence-corrected chi connectivity index (χ3v) is 2.22. The van der Waals surface area contributed by atoms with E-state index in [0.29, 0.717) is 5.69 Å². The summed E-state index contributed by atoms with van der Waals surface area (Å²) in [5, 5.41) is 7.55. The second-order valence-corrected chi connectivity index (χ2v) is 3.35. The van der Waals surface area contributed by atoms with Crippen molar-refractivity contribution in [2.24, 2.45) is 0 Å². The van der Waals surface area contributed by atoms with E-state index >= 15 is 0 Å². The highest BCUT2D eigenvalue weighted by Crippen LogP contribution is 2.26. The van der Waals surface area contributed by atoms with Crippen molar-refractivity contribution in [2.45, 2.75) is 6.18 Å². The number of halogens is 3. The van der Waals surface area contributed by atoms with E-state index in [4.69, 9.17) is 5.41 Å². The van der Waals surface area contributed by atoms with Gasteiger partial charge < -0.3 is 4.57 Å². The van der Waals surface area contributed by atoms with E-state index in [0.717, 1.165) is 10.6 Å². The molecule has 0 aliphatic heterocycles. The smallest absolute Gasteiger partial charge is 0.300 e. The minimum Gasteiger partial charge on any atom is -0.300 e. The van der Waals surface area contributed by atoms with Crippen LogP contribution in [0.4, 0.5) is 13.2 Å². The topological polar surface area (TPSA) is 41.7 Å². The molecule has 0 amide bonds. The van der Waals surface area contributed by atoms with Gasteiger partial charge in [-0.15, -0.1) is 0 Å². The average molecular weight is 239 g/mol. The molecule has 2 heterocycles. The molecule has 0 aliphatic rings. The Morgan fingerprint density at radius 2 is 1.94 bits per heavy atom. The van der Waals surface area contributed by atoms with E-state index in [9.17, 15) is 13.2 Å². The summed E-state index contributed by atoms with van der Waals surface area (Å²) >= 11 is 0. The van der Waals surface area contributed by atoms with Crippen molar-refractivity contribution in [3.63, 3.8) is 0 Å². The molecule has 3 nitrogen and oxygen atoms in total. The van der Waals surface area contributed by atoms with Crippen LogP contribution in [-0.4, -0.2) is 9.55 Å². The molecule has 0 aliphatic carbocycles. The molecule has 0 saturated heterocycles. The summed E-state index contributed by atoms with van der Waals surface area (Å²) in [4.78, 5) is 3.81. The van der Waals surface area contributed by atoms with Crippen LogP contribution < -0.4 is 5.49 Å². The van der Waals surface area contributed by atoms with Crippen LogP contribution in [0.1, 0.15) is 5.56 Å². The first-order chi connectivity index (χ1) is 8.00.